The van der Waals surface area contributed by atoms with Gasteiger partial charge in [0.15, 0.2) is 0 Å². The molecule has 0 fully saturated rings. The molecule has 0 aliphatic rings. The second kappa shape index (κ2) is 8.22. The van der Waals surface area contributed by atoms with Gasteiger partial charge in [-0.1, -0.05) is 24.3 Å². The van der Waals surface area contributed by atoms with Crippen molar-refractivity contribution in [1.82, 2.24) is 24.1 Å². The van der Waals surface area contributed by atoms with Gasteiger partial charge in [0.1, 0.15) is 11.4 Å². The van der Waals surface area contributed by atoms with E-state index >= 15 is 0 Å². The first-order valence-electron chi connectivity index (χ1n) is 9.16. The molecule has 0 spiro atoms. The van der Waals surface area contributed by atoms with Crippen molar-refractivity contribution in [1.29, 1.82) is 0 Å². The Kier molecular flexibility index (Phi) is 5.76. The Morgan fingerprint density at radius 2 is 1.63 bits per heavy atom. The monoisotopic (exact) mass is 365 g/mol. The van der Waals surface area contributed by atoms with Crippen LogP contribution < -0.4 is 0 Å². The number of carbonyl (C=O) groups excluding carboxylic acids is 1. The van der Waals surface area contributed by atoms with Crippen LogP contribution in [0.2, 0.25) is 0 Å². The minimum absolute atomic E-state index is 0.00771. The molecule has 6 heteroatoms. The van der Waals surface area contributed by atoms with Crippen LogP contribution in [0.5, 0.6) is 0 Å². The average Bonchev–Trinajstić information content (AvgIpc) is 3.29. The van der Waals surface area contributed by atoms with Crippen LogP contribution in [0.25, 0.3) is 5.82 Å². The first-order chi connectivity index (χ1) is 13.0. The molecule has 3 rings (SSSR count). The SMILES string of the molecule is CCN(Cc1ccc(CN(C)C)cc1)C(=O)c1cnn(C)c1-n1cccc1. The fraction of sp³-hybridized carbons (Fsp3) is 0.333. The molecule has 0 saturated carbocycles. The Bertz CT molecular complexity index is 878. The van der Waals surface area contributed by atoms with Crippen LogP contribution in [0.4, 0.5) is 0 Å². The van der Waals surface area contributed by atoms with E-state index in [0.29, 0.717) is 18.7 Å². The topological polar surface area (TPSA) is 46.3 Å². The van der Waals surface area contributed by atoms with Crippen LogP contribution >= 0.6 is 0 Å². The van der Waals surface area contributed by atoms with Crippen molar-refractivity contribution in [2.24, 2.45) is 7.05 Å². The first-order valence-corrected chi connectivity index (χ1v) is 9.16. The molecule has 0 saturated heterocycles. The van der Waals surface area contributed by atoms with Crippen LogP contribution in [0, 0.1) is 0 Å². The second-order valence-corrected chi connectivity index (χ2v) is 6.97. The average molecular weight is 365 g/mol. The van der Waals surface area contributed by atoms with Gasteiger partial charge in [-0.3, -0.25) is 9.48 Å². The molecule has 2 heterocycles. The maximum atomic E-state index is 13.2. The zero-order valence-electron chi connectivity index (χ0n) is 16.5. The zero-order valence-corrected chi connectivity index (χ0v) is 16.5. The summed E-state index contributed by atoms with van der Waals surface area (Å²) in [4.78, 5) is 17.2. The lowest BCUT2D eigenvalue weighted by molar-refractivity contribution is 0.0752. The minimum Gasteiger partial charge on any atom is -0.334 e. The van der Waals surface area contributed by atoms with E-state index in [2.05, 4.69) is 48.4 Å². The lowest BCUT2D eigenvalue weighted by Crippen LogP contribution is -2.31. The van der Waals surface area contributed by atoms with Gasteiger partial charge in [0.05, 0.1) is 6.20 Å². The summed E-state index contributed by atoms with van der Waals surface area (Å²) in [7, 11) is 5.97. The summed E-state index contributed by atoms with van der Waals surface area (Å²) in [5.41, 5.74) is 3.00. The number of aryl methyl sites for hydroxylation is 1. The van der Waals surface area contributed by atoms with Gasteiger partial charge < -0.3 is 14.4 Å². The Morgan fingerprint density at radius 3 is 2.19 bits per heavy atom. The zero-order chi connectivity index (χ0) is 19.4. The van der Waals surface area contributed by atoms with Crippen molar-refractivity contribution >= 4 is 5.91 Å². The van der Waals surface area contributed by atoms with E-state index in [-0.39, 0.29) is 5.91 Å². The number of nitrogens with zero attached hydrogens (tertiary/aromatic N) is 5. The molecule has 0 bridgehead atoms. The number of hydrogen-bond acceptors (Lipinski definition) is 3. The molecular weight excluding hydrogens is 338 g/mol. The van der Waals surface area contributed by atoms with E-state index in [4.69, 9.17) is 0 Å². The largest absolute Gasteiger partial charge is 0.334 e. The molecule has 142 valence electrons. The molecule has 0 N–H and O–H groups in total. The number of amides is 1. The number of hydrogen-bond donors (Lipinski definition) is 0. The predicted octanol–water partition coefficient (Wildman–Crippen LogP) is 2.93. The number of carbonyl (C=O) groups is 1. The highest BCUT2D eigenvalue weighted by atomic mass is 16.2. The summed E-state index contributed by atoms with van der Waals surface area (Å²) < 4.78 is 3.65. The van der Waals surface area contributed by atoms with Crippen molar-refractivity contribution < 1.29 is 4.79 Å². The number of rotatable bonds is 7. The van der Waals surface area contributed by atoms with E-state index in [9.17, 15) is 4.79 Å². The van der Waals surface area contributed by atoms with Crippen LogP contribution in [0.15, 0.2) is 55.0 Å². The van der Waals surface area contributed by atoms with Crippen molar-refractivity contribution in [3.63, 3.8) is 0 Å². The third-order valence-corrected chi connectivity index (χ3v) is 4.55. The molecule has 3 aromatic rings. The Labute approximate surface area is 160 Å². The maximum Gasteiger partial charge on any atom is 0.259 e. The van der Waals surface area contributed by atoms with E-state index in [1.807, 2.05) is 48.0 Å². The van der Waals surface area contributed by atoms with Crippen LogP contribution in [-0.4, -0.2) is 50.7 Å². The van der Waals surface area contributed by atoms with Gasteiger partial charge in [-0.2, -0.15) is 5.10 Å². The van der Waals surface area contributed by atoms with Gasteiger partial charge >= 0.3 is 0 Å². The lowest BCUT2D eigenvalue weighted by atomic mass is 10.1. The number of benzene rings is 1. The summed E-state index contributed by atoms with van der Waals surface area (Å²) in [6.07, 6.45) is 5.50. The molecule has 0 unspecified atom stereocenters. The Balaban J connectivity index is 1.79. The first kappa shape index (κ1) is 18.9. The van der Waals surface area contributed by atoms with E-state index in [0.717, 1.165) is 17.9 Å². The van der Waals surface area contributed by atoms with E-state index < -0.39 is 0 Å². The van der Waals surface area contributed by atoms with Gasteiger partial charge in [0.2, 0.25) is 0 Å². The molecule has 1 aromatic carbocycles. The smallest absolute Gasteiger partial charge is 0.259 e. The van der Waals surface area contributed by atoms with Gasteiger partial charge in [-0.05, 0) is 44.3 Å². The summed E-state index contributed by atoms with van der Waals surface area (Å²) in [5.74, 6) is 0.774. The molecule has 0 aliphatic heterocycles. The van der Waals surface area contributed by atoms with Gasteiger partial charge in [0.25, 0.3) is 5.91 Å². The highest BCUT2D eigenvalue weighted by Crippen LogP contribution is 2.18. The molecule has 2 aromatic heterocycles. The van der Waals surface area contributed by atoms with Crippen LogP contribution in [-0.2, 0) is 20.1 Å². The molecule has 6 nitrogen and oxygen atoms in total. The fourth-order valence-electron chi connectivity index (χ4n) is 3.20. The third-order valence-electron chi connectivity index (χ3n) is 4.55. The van der Waals surface area contributed by atoms with Gasteiger partial charge in [-0.25, -0.2) is 0 Å². The molecule has 27 heavy (non-hydrogen) atoms. The van der Waals surface area contributed by atoms with Crippen molar-refractivity contribution in [2.75, 3.05) is 20.6 Å². The molecule has 1 amide bonds. The molecule has 0 radical (unpaired) electrons. The molecule has 0 atom stereocenters. The quantitative estimate of drug-likeness (QED) is 0.647. The maximum absolute atomic E-state index is 13.2. The standard InChI is InChI=1S/C21H27N5O/c1-5-25(16-18-10-8-17(9-11-18)15-23(2)3)21(27)19-14-22-24(4)20(19)26-12-6-7-13-26/h6-14H,5,15-16H2,1-4H3. The van der Waals surface area contributed by atoms with Gasteiger partial charge in [0, 0.05) is 39.1 Å². The highest BCUT2D eigenvalue weighted by Gasteiger charge is 2.22. The Hall–Kier alpha value is -2.86. The summed E-state index contributed by atoms with van der Waals surface area (Å²) in [6, 6.07) is 12.3. The summed E-state index contributed by atoms with van der Waals surface area (Å²) >= 11 is 0. The fourth-order valence-corrected chi connectivity index (χ4v) is 3.20. The normalized spacial score (nSPS) is 11.1. The predicted molar refractivity (Wildman–Crippen MR) is 107 cm³/mol. The van der Waals surface area contributed by atoms with E-state index in [1.165, 1.54) is 5.56 Å². The summed E-state index contributed by atoms with van der Waals surface area (Å²) in [5, 5.41) is 4.30. The highest BCUT2D eigenvalue weighted by molar-refractivity contribution is 5.97. The molecule has 0 aliphatic carbocycles. The van der Waals surface area contributed by atoms with Crippen molar-refractivity contribution in [3.05, 3.63) is 71.7 Å². The van der Waals surface area contributed by atoms with Crippen LogP contribution in [0.3, 0.4) is 0 Å². The Morgan fingerprint density at radius 1 is 1.04 bits per heavy atom. The van der Waals surface area contributed by atoms with Crippen molar-refractivity contribution in [3.8, 4) is 5.82 Å². The second-order valence-electron chi connectivity index (χ2n) is 6.97. The van der Waals surface area contributed by atoms with E-state index in [1.54, 1.807) is 10.9 Å². The number of aromatic nitrogens is 3. The third kappa shape index (κ3) is 4.28. The molecular formula is C21H27N5O. The van der Waals surface area contributed by atoms with Crippen molar-refractivity contribution in [2.45, 2.75) is 20.0 Å². The van der Waals surface area contributed by atoms with Gasteiger partial charge in [-0.15, -0.1) is 0 Å². The lowest BCUT2D eigenvalue weighted by Gasteiger charge is -2.21. The summed E-state index contributed by atoms with van der Waals surface area (Å²) in [6.45, 7) is 4.13. The van der Waals surface area contributed by atoms with Crippen LogP contribution in [0.1, 0.15) is 28.4 Å². The minimum atomic E-state index is -0.00771.